The maximum absolute atomic E-state index is 4.38. The van der Waals surface area contributed by atoms with Gasteiger partial charge in [-0.3, -0.25) is 9.88 Å². The van der Waals surface area contributed by atoms with Crippen LogP contribution in [-0.2, 0) is 6.54 Å². The number of hydrogen-bond acceptors (Lipinski definition) is 3. The molecule has 0 bridgehead atoms. The molecule has 1 saturated heterocycles. The summed E-state index contributed by atoms with van der Waals surface area (Å²) in [7, 11) is 0. The Bertz CT molecular complexity index is 282. The summed E-state index contributed by atoms with van der Waals surface area (Å²) >= 11 is 0. The molecule has 1 N–H and O–H groups in total. The molecule has 0 aromatic carbocycles. The highest BCUT2D eigenvalue weighted by Gasteiger charge is 2.23. The van der Waals surface area contributed by atoms with Crippen molar-refractivity contribution in [1.82, 2.24) is 15.2 Å². The van der Waals surface area contributed by atoms with E-state index in [-0.39, 0.29) is 0 Å². The van der Waals surface area contributed by atoms with Gasteiger partial charge in [0.25, 0.3) is 0 Å². The second-order valence-electron chi connectivity index (χ2n) is 4.10. The Hall–Kier alpha value is -0.930. The van der Waals surface area contributed by atoms with Crippen LogP contribution in [0.25, 0.3) is 0 Å². The summed E-state index contributed by atoms with van der Waals surface area (Å²) in [6.45, 7) is 6.65. The monoisotopic (exact) mass is 205 g/mol. The number of pyridine rings is 1. The van der Waals surface area contributed by atoms with Crippen LogP contribution in [0.3, 0.4) is 0 Å². The third kappa shape index (κ3) is 2.76. The van der Waals surface area contributed by atoms with Crippen molar-refractivity contribution in [3.8, 4) is 0 Å². The van der Waals surface area contributed by atoms with Crippen LogP contribution in [0.5, 0.6) is 0 Å². The fourth-order valence-corrected chi connectivity index (χ4v) is 1.91. The second-order valence-corrected chi connectivity index (χ2v) is 4.10. The van der Waals surface area contributed by atoms with E-state index in [0.717, 1.165) is 19.6 Å². The van der Waals surface area contributed by atoms with Crippen LogP contribution < -0.4 is 5.32 Å². The number of rotatable bonds is 5. The van der Waals surface area contributed by atoms with Gasteiger partial charge in [0.1, 0.15) is 0 Å². The van der Waals surface area contributed by atoms with E-state index in [0.29, 0.717) is 6.04 Å². The molecule has 15 heavy (non-hydrogen) atoms. The second kappa shape index (κ2) is 5.24. The summed E-state index contributed by atoms with van der Waals surface area (Å²) in [5.74, 6) is 0. The zero-order valence-corrected chi connectivity index (χ0v) is 9.32. The standard InChI is InChI=1S/C12H19N3/c1-2-7-15(12-8-13-9-12)10-11-5-3-4-6-14-11/h3-6,12-13H,2,7-10H2,1H3. The highest BCUT2D eigenvalue weighted by Crippen LogP contribution is 2.10. The summed E-state index contributed by atoms with van der Waals surface area (Å²) in [6, 6.07) is 6.85. The average molecular weight is 205 g/mol. The van der Waals surface area contributed by atoms with Crippen molar-refractivity contribution in [2.45, 2.75) is 25.9 Å². The van der Waals surface area contributed by atoms with E-state index in [4.69, 9.17) is 0 Å². The molecule has 2 heterocycles. The number of hydrogen-bond donors (Lipinski definition) is 1. The predicted molar refractivity (Wildman–Crippen MR) is 61.6 cm³/mol. The molecule has 1 aliphatic heterocycles. The van der Waals surface area contributed by atoms with Crippen LogP contribution in [0.2, 0.25) is 0 Å². The van der Waals surface area contributed by atoms with Crippen molar-refractivity contribution in [2.75, 3.05) is 19.6 Å². The quantitative estimate of drug-likeness (QED) is 0.784. The minimum absolute atomic E-state index is 0.715. The topological polar surface area (TPSA) is 28.2 Å². The zero-order valence-electron chi connectivity index (χ0n) is 9.32. The fraction of sp³-hybridized carbons (Fsp3) is 0.583. The molecule has 1 aromatic heterocycles. The largest absolute Gasteiger partial charge is 0.314 e. The van der Waals surface area contributed by atoms with Crippen LogP contribution in [0.15, 0.2) is 24.4 Å². The Kier molecular flexibility index (Phi) is 3.69. The molecule has 1 aromatic rings. The first-order valence-corrected chi connectivity index (χ1v) is 5.75. The molecule has 0 radical (unpaired) electrons. The lowest BCUT2D eigenvalue weighted by atomic mass is 10.1. The van der Waals surface area contributed by atoms with Gasteiger partial charge in [0.2, 0.25) is 0 Å². The lowest BCUT2D eigenvalue weighted by molar-refractivity contribution is 0.136. The summed E-state index contributed by atoms with van der Waals surface area (Å²) in [6.07, 6.45) is 3.09. The number of aromatic nitrogens is 1. The average Bonchev–Trinajstić information content (AvgIpc) is 2.17. The maximum atomic E-state index is 4.38. The molecule has 3 nitrogen and oxygen atoms in total. The van der Waals surface area contributed by atoms with Crippen LogP contribution in [0.1, 0.15) is 19.0 Å². The normalized spacial score (nSPS) is 16.7. The van der Waals surface area contributed by atoms with E-state index in [9.17, 15) is 0 Å². The molecule has 0 atom stereocenters. The minimum atomic E-state index is 0.715. The van der Waals surface area contributed by atoms with Gasteiger partial charge < -0.3 is 5.32 Å². The molecule has 2 rings (SSSR count). The molecule has 0 saturated carbocycles. The fourth-order valence-electron chi connectivity index (χ4n) is 1.91. The molecule has 0 unspecified atom stereocenters. The Labute approximate surface area is 91.5 Å². The summed E-state index contributed by atoms with van der Waals surface area (Å²) < 4.78 is 0. The van der Waals surface area contributed by atoms with E-state index in [2.05, 4.69) is 34.3 Å². The summed E-state index contributed by atoms with van der Waals surface area (Å²) in [5, 5.41) is 3.32. The first-order chi connectivity index (χ1) is 7.40. The van der Waals surface area contributed by atoms with Crippen LogP contribution in [-0.4, -0.2) is 35.6 Å². The molecule has 1 fully saturated rings. The Morgan fingerprint density at radius 3 is 2.87 bits per heavy atom. The van der Waals surface area contributed by atoms with Crippen LogP contribution in [0.4, 0.5) is 0 Å². The van der Waals surface area contributed by atoms with E-state index in [1.165, 1.54) is 18.7 Å². The van der Waals surface area contributed by atoms with E-state index in [1.54, 1.807) is 0 Å². The first kappa shape index (κ1) is 10.6. The van der Waals surface area contributed by atoms with Crippen molar-refractivity contribution in [1.29, 1.82) is 0 Å². The molecular weight excluding hydrogens is 186 g/mol. The lowest BCUT2D eigenvalue weighted by Gasteiger charge is -2.38. The van der Waals surface area contributed by atoms with E-state index < -0.39 is 0 Å². The van der Waals surface area contributed by atoms with Crippen molar-refractivity contribution < 1.29 is 0 Å². The highest BCUT2D eigenvalue weighted by atomic mass is 15.2. The number of nitrogens with one attached hydrogen (secondary N) is 1. The SMILES string of the molecule is CCCN(Cc1ccccn1)C1CNC1. The molecule has 1 aliphatic rings. The molecular formula is C12H19N3. The maximum Gasteiger partial charge on any atom is 0.0544 e. The summed E-state index contributed by atoms with van der Waals surface area (Å²) in [4.78, 5) is 6.91. The van der Waals surface area contributed by atoms with Crippen molar-refractivity contribution in [3.63, 3.8) is 0 Å². The van der Waals surface area contributed by atoms with Gasteiger partial charge in [0, 0.05) is 31.9 Å². The Morgan fingerprint density at radius 1 is 1.47 bits per heavy atom. The van der Waals surface area contributed by atoms with Gasteiger partial charge in [0.05, 0.1) is 5.69 Å². The molecule has 3 heteroatoms. The minimum Gasteiger partial charge on any atom is -0.314 e. The smallest absolute Gasteiger partial charge is 0.0544 e. The molecule has 0 aliphatic carbocycles. The van der Waals surface area contributed by atoms with E-state index >= 15 is 0 Å². The van der Waals surface area contributed by atoms with Gasteiger partial charge in [-0.2, -0.15) is 0 Å². The van der Waals surface area contributed by atoms with Gasteiger partial charge >= 0.3 is 0 Å². The third-order valence-electron chi connectivity index (χ3n) is 2.88. The zero-order chi connectivity index (χ0) is 10.5. The number of nitrogens with zero attached hydrogens (tertiary/aromatic N) is 2. The lowest BCUT2D eigenvalue weighted by Crippen LogP contribution is -2.57. The van der Waals surface area contributed by atoms with Gasteiger partial charge in [-0.1, -0.05) is 13.0 Å². The van der Waals surface area contributed by atoms with Crippen molar-refractivity contribution in [2.24, 2.45) is 0 Å². The third-order valence-corrected chi connectivity index (χ3v) is 2.88. The Morgan fingerprint density at radius 2 is 2.33 bits per heavy atom. The first-order valence-electron chi connectivity index (χ1n) is 5.75. The molecule has 0 spiro atoms. The van der Waals surface area contributed by atoms with E-state index in [1.807, 2.05) is 12.3 Å². The van der Waals surface area contributed by atoms with Crippen molar-refractivity contribution >= 4 is 0 Å². The van der Waals surface area contributed by atoms with Crippen LogP contribution in [0, 0.1) is 0 Å². The summed E-state index contributed by atoms with van der Waals surface area (Å²) in [5.41, 5.74) is 1.18. The highest BCUT2D eigenvalue weighted by molar-refractivity contribution is 5.04. The molecule has 0 amide bonds. The van der Waals surface area contributed by atoms with Gasteiger partial charge in [-0.25, -0.2) is 0 Å². The Balaban J connectivity index is 1.93. The van der Waals surface area contributed by atoms with Crippen LogP contribution >= 0.6 is 0 Å². The predicted octanol–water partition coefficient (Wildman–Crippen LogP) is 1.27. The van der Waals surface area contributed by atoms with Gasteiger partial charge in [-0.15, -0.1) is 0 Å². The van der Waals surface area contributed by atoms with Gasteiger partial charge in [-0.05, 0) is 25.1 Å². The molecule has 82 valence electrons. The van der Waals surface area contributed by atoms with Gasteiger partial charge in [0.15, 0.2) is 0 Å². The van der Waals surface area contributed by atoms with Crippen molar-refractivity contribution in [3.05, 3.63) is 30.1 Å².